The van der Waals surface area contributed by atoms with Crippen LogP contribution >= 0.6 is 11.3 Å². The minimum Gasteiger partial charge on any atom is -0.381 e. The normalized spacial score (nSPS) is 15.2. The highest BCUT2D eigenvalue weighted by molar-refractivity contribution is 7.13. The Bertz CT molecular complexity index is 991. The number of rotatable bonds is 4. The molecule has 7 nitrogen and oxygen atoms in total. The number of carbonyl (C=O) groups is 1. The van der Waals surface area contributed by atoms with Crippen LogP contribution in [0.2, 0.25) is 0 Å². The number of ether oxygens (including phenoxy) is 1. The fourth-order valence-corrected chi connectivity index (χ4v) is 3.95. The van der Waals surface area contributed by atoms with Crippen LogP contribution in [0.4, 0.5) is 5.13 Å². The molecule has 1 amide bonds. The zero-order valence-corrected chi connectivity index (χ0v) is 14.8. The van der Waals surface area contributed by atoms with Crippen LogP contribution in [0.5, 0.6) is 0 Å². The number of amides is 1. The summed E-state index contributed by atoms with van der Waals surface area (Å²) in [5.41, 5.74) is 1.30. The van der Waals surface area contributed by atoms with Gasteiger partial charge in [0.2, 0.25) is 5.91 Å². The first kappa shape index (κ1) is 16.9. The van der Waals surface area contributed by atoms with Crippen LogP contribution in [0.15, 0.2) is 34.4 Å². The van der Waals surface area contributed by atoms with Crippen molar-refractivity contribution in [3.8, 4) is 0 Å². The van der Waals surface area contributed by atoms with Crippen LogP contribution < -0.4 is 10.9 Å². The Hall–Kier alpha value is -2.58. The van der Waals surface area contributed by atoms with Gasteiger partial charge in [0.05, 0.1) is 23.2 Å². The van der Waals surface area contributed by atoms with Crippen molar-refractivity contribution in [2.75, 3.05) is 18.5 Å². The van der Waals surface area contributed by atoms with Crippen molar-refractivity contribution in [1.82, 2.24) is 15.2 Å². The molecule has 0 atom stereocenters. The van der Waals surface area contributed by atoms with Gasteiger partial charge < -0.3 is 10.1 Å². The molecule has 0 bridgehead atoms. The van der Waals surface area contributed by atoms with Gasteiger partial charge in [0, 0.05) is 29.9 Å². The molecular formula is C18H18N4O3S. The van der Waals surface area contributed by atoms with Gasteiger partial charge in [0.15, 0.2) is 5.13 Å². The van der Waals surface area contributed by atoms with Gasteiger partial charge in [-0.1, -0.05) is 18.2 Å². The van der Waals surface area contributed by atoms with Gasteiger partial charge in [-0.25, -0.2) is 10.1 Å². The molecule has 2 aromatic heterocycles. The first-order valence-electron chi connectivity index (χ1n) is 8.50. The summed E-state index contributed by atoms with van der Waals surface area (Å²) in [6.45, 7) is 1.52. The van der Waals surface area contributed by atoms with Crippen molar-refractivity contribution >= 4 is 33.1 Å². The molecule has 0 spiro atoms. The molecule has 0 unspecified atom stereocenters. The number of anilines is 1. The molecule has 26 heavy (non-hydrogen) atoms. The lowest BCUT2D eigenvalue weighted by Gasteiger charge is -2.19. The molecule has 4 rings (SSSR count). The predicted molar refractivity (Wildman–Crippen MR) is 99.6 cm³/mol. The molecule has 1 aliphatic rings. The number of fused-ring (bicyclic) bond motifs is 1. The summed E-state index contributed by atoms with van der Waals surface area (Å²) in [4.78, 5) is 28.8. The number of aromatic nitrogens is 3. The smallest absolute Gasteiger partial charge is 0.272 e. The third kappa shape index (κ3) is 3.51. The summed E-state index contributed by atoms with van der Waals surface area (Å²) >= 11 is 1.43. The van der Waals surface area contributed by atoms with Crippen LogP contribution in [0.1, 0.15) is 30.1 Å². The van der Waals surface area contributed by atoms with Gasteiger partial charge in [0.25, 0.3) is 5.56 Å². The summed E-state index contributed by atoms with van der Waals surface area (Å²) in [5.74, 6) is 0.193. The number of benzene rings is 1. The highest BCUT2D eigenvalue weighted by Crippen LogP contribution is 2.29. The third-order valence-electron chi connectivity index (χ3n) is 4.51. The predicted octanol–water partition coefficient (Wildman–Crippen LogP) is 2.45. The average Bonchev–Trinajstić information content (AvgIpc) is 3.13. The number of H-pyrrole nitrogens is 1. The lowest BCUT2D eigenvalue weighted by molar-refractivity contribution is -0.115. The Kier molecular flexibility index (Phi) is 4.77. The maximum Gasteiger partial charge on any atom is 0.272 e. The fourth-order valence-electron chi connectivity index (χ4n) is 3.15. The van der Waals surface area contributed by atoms with Gasteiger partial charge in [0.1, 0.15) is 0 Å². The largest absolute Gasteiger partial charge is 0.381 e. The number of carbonyl (C=O) groups excluding carboxylic acids is 1. The Morgan fingerprint density at radius 3 is 2.85 bits per heavy atom. The van der Waals surface area contributed by atoms with Gasteiger partial charge in [-0.05, 0) is 18.9 Å². The first-order valence-corrected chi connectivity index (χ1v) is 9.38. The van der Waals surface area contributed by atoms with E-state index in [4.69, 9.17) is 4.74 Å². The first-order chi connectivity index (χ1) is 12.7. The Labute approximate surface area is 153 Å². The molecule has 3 heterocycles. The monoisotopic (exact) mass is 370 g/mol. The molecule has 1 aliphatic heterocycles. The van der Waals surface area contributed by atoms with Crippen molar-refractivity contribution in [2.24, 2.45) is 0 Å². The minimum atomic E-state index is -0.259. The summed E-state index contributed by atoms with van der Waals surface area (Å²) in [6, 6.07) is 7.13. The SMILES string of the molecule is O=C(Cc1n[nH]c(=O)c2ccccc12)Nc1nc(C2CCOCC2)cs1. The molecule has 134 valence electrons. The van der Waals surface area contributed by atoms with Gasteiger partial charge in [-0.15, -0.1) is 11.3 Å². The Morgan fingerprint density at radius 1 is 1.27 bits per heavy atom. The van der Waals surface area contributed by atoms with E-state index in [1.807, 2.05) is 11.4 Å². The molecule has 1 aromatic carbocycles. The van der Waals surface area contributed by atoms with E-state index in [1.165, 1.54) is 11.3 Å². The Morgan fingerprint density at radius 2 is 2.04 bits per heavy atom. The van der Waals surface area contributed by atoms with E-state index in [1.54, 1.807) is 18.2 Å². The van der Waals surface area contributed by atoms with E-state index >= 15 is 0 Å². The summed E-state index contributed by atoms with van der Waals surface area (Å²) < 4.78 is 5.38. The number of thiazole rings is 1. The summed E-state index contributed by atoms with van der Waals surface area (Å²) in [6.07, 6.45) is 2.00. The molecule has 0 radical (unpaired) electrons. The van der Waals surface area contributed by atoms with Crippen LogP contribution in [0.3, 0.4) is 0 Å². The molecular weight excluding hydrogens is 352 g/mol. The van der Waals surface area contributed by atoms with Gasteiger partial charge in [-0.3, -0.25) is 9.59 Å². The molecule has 0 aliphatic carbocycles. The summed E-state index contributed by atoms with van der Waals surface area (Å²) in [5, 5.41) is 13.1. The van der Waals surface area contributed by atoms with E-state index in [2.05, 4.69) is 20.5 Å². The van der Waals surface area contributed by atoms with Crippen molar-refractivity contribution in [3.63, 3.8) is 0 Å². The molecule has 2 N–H and O–H groups in total. The van der Waals surface area contributed by atoms with E-state index in [0.29, 0.717) is 27.5 Å². The number of nitrogens with zero attached hydrogens (tertiary/aromatic N) is 2. The number of hydrogen-bond donors (Lipinski definition) is 2. The zero-order chi connectivity index (χ0) is 17.9. The van der Waals surface area contributed by atoms with Crippen molar-refractivity contribution in [3.05, 3.63) is 51.4 Å². The Balaban J connectivity index is 1.47. The second kappa shape index (κ2) is 7.35. The molecule has 1 fully saturated rings. The second-order valence-corrected chi connectivity index (χ2v) is 7.09. The van der Waals surface area contributed by atoms with E-state index in [-0.39, 0.29) is 17.9 Å². The van der Waals surface area contributed by atoms with E-state index < -0.39 is 0 Å². The van der Waals surface area contributed by atoms with Crippen LogP contribution in [0, 0.1) is 0 Å². The number of aromatic amines is 1. The van der Waals surface area contributed by atoms with Crippen LogP contribution in [-0.4, -0.2) is 34.3 Å². The standard InChI is InChI=1S/C18H18N4O3S/c23-16(9-14-12-3-1-2-4-13(12)17(24)22-21-14)20-18-19-15(10-26-18)11-5-7-25-8-6-11/h1-4,10-11H,5-9H2,(H,22,24)(H,19,20,23). The maximum atomic E-state index is 12.4. The van der Waals surface area contributed by atoms with Crippen LogP contribution in [-0.2, 0) is 16.0 Å². The van der Waals surface area contributed by atoms with Crippen molar-refractivity contribution in [1.29, 1.82) is 0 Å². The highest BCUT2D eigenvalue weighted by atomic mass is 32.1. The average molecular weight is 370 g/mol. The van der Waals surface area contributed by atoms with Gasteiger partial charge in [-0.2, -0.15) is 5.10 Å². The quantitative estimate of drug-likeness (QED) is 0.735. The van der Waals surface area contributed by atoms with Crippen molar-refractivity contribution in [2.45, 2.75) is 25.2 Å². The van der Waals surface area contributed by atoms with Crippen molar-refractivity contribution < 1.29 is 9.53 Å². The second-order valence-electron chi connectivity index (χ2n) is 6.23. The molecule has 0 saturated carbocycles. The summed E-state index contributed by atoms with van der Waals surface area (Å²) in [7, 11) is 0. The maximum absolute atomic E-state index is 12.4. The highest BCUT2D eigenvalue weighted by Gasteiger charge is 2.19. The van der Waals surface area contributed by atoms with Gasteiger partial charge >= 0.3 is 0 Å². The molecule has 8 heteroatoms. The number of nitrogens with one attached hydrogen (secondary N) is 2. The lowest BCUT2D eigenvalue weighted by atomic mass is 9.98. The molecule has 1 saturated heterocycles. The van der Waals surface area contributed by atoms with E-state index in [9.17, 15) is 9.59 Å². The lowest BCUT2D eigenvalue weighted by Crippen LogP contribution is -2.18. The minimum absolute atomic E-state index is 0.0729. The third-order valence-corrected chi connectivity index (χ3v) is 5.29. The zero-order valence-electron chi connectivity index (χ0n) is 14.0. The van der Waals surface area contributed by atoms with Crippen LogP contribution in [0.25, 0.3) is 10.8 Å². The fraction of sp³-hybridized carbons (Fsp3) is 0.333. The van der Waals surface area contributed by atoms with E-state index in [0.717, 1.165) is 31.7 Å². The topological polar surface area (TPSA) is 97.0 Å². The number of hydrogen-bond acceptors (Lipinski definition) is 6. The molecule has 3 aromatic rings.